The van der Waals surface area contributed by atoms with Crippen LogP contribution in [0.25, 0.3) is 0 Å². The number of nitrogens with zero attached hydrogens (tertiary/aromatic N) is 4. The monoisotopic (exact) mass is 504 g/mol. The molecule has 0 aliphatic rings. The van der Waals surface area contributed by atoms with Gasteiger partial charge in [-0.05, 0) is 75.5 Å². The molecule has 7 nitrogen and oxygen atoms in total. The third-order valence-corrected chi connectivity index (χ3v) is 5.30. The van der Waals surface area contributed by atoms with Gasteiger partial charge in [-0.25, -0.2) is 4.98 Å². The SMILES string of the molecule is CCN(CCCS(=O)(=O)O)c1ccc(N=Nc2ncc(Br)cc2Br)cc1. The van der Waals surface area contributed by atoms with Crippen molar-refractivity contribution >= 4 is 59.2 Å². The van der Waals surface area contributed by atoms with Crippen LogP contribution in [0.2, 0.25) is 0 Å². The Hall–Kier alpha value is -1.36. The molecular formula is C16H18Br2N4O3S. The Labute approximate surface area is 169 Å². The molecule has 26 heavy (non-hydrogen) atoms. The number of azo groups is 1. The Kier molecular flexibility index (Phi) is 7.69. The van der Waals surface area contributed by atoms with Gasteiger partial charge in [-0.2, -0.15) is 8.42 Å². The molecule has 2 rings (SSSR count). The standard InChI is InChI=1S/C16H18Br2N4O3S/c1-2-22(8-3-9-26(23,24)25)14-6-4-13(5-7-14)20-21-16-15(18)10-12(17)11-19-16/h4-7,10-11H,2-3,8-9H2,1H3,(H,23,24,25). The molecule has 0 amide bonds. The van der Waals surface area contributed by atoms with Gasteiger partial charge in [0.05, 0.1) is 15.9 Å². The molecule has 1 N–H and O–H groups in total. The van der Waals surface area contributed by atoms with Gasteiger partial charge >= 0.3 is 0 Å². The minimum atomic E-state index is -3.92. The molecule has 140 valence electrons. The largest absolute Gasteiger partial charge is 0.372 e. The van der Waals surface area contributed by atoms with Gasteiger partial charge in [0.1, 0.15) is 0 Å². The Morgan fingerprint density at radius 2 is 1.88 bits per heavy atom. The van der Waals surface area contributed by atoms with Crippen LogP contribution < -0.4 is 4.90 Å². The minimum absolute atomic E-state index is 0.245. The second kappa shape index (κ2) is 9.54. The first kappa shape index (κ1) is 20.9. The predicted octanol–water partition coefficient (Wildman–Crippen LogP) is 5.13. The molecule has 0 aliphatic carbocycles. The second-order valence-corrected chi connectivity index (χ2v) is 8.74. The third kappa shape index (κ3) is 6.75. The molecule has 0 unspecified atom stereocenters. The van der Waals surface area contributed by atoms with Crippen molar-refractivity contribution < 1.29 is 13.0 Å². The van der Waals surface area contributed by atoms with Gasteiger partial charge in [-0.15, -0.1) is 10.2 Å². The van der Waals surface area contributed by atoms with E-state index >= 15 is 0 Å². The number of hydrogen-bond donors (Lipinski definition) is 1. The maximum Gasteiger partial charge on any atom is 0.264 e. The highest BCUT2D eigenvalue weighted by atomic mass is 79.9. The Balaban J connectivity index is 2.03. The van der Waals surface area contributed by atoms with Gasteiger partial charge in [0, 0.05) is 29.4 Å². The fraction of sp³-hybridized carbons (Fsp3) is 0.312. The van der Waals surface area contributed by atoms with E-state index in [2.05, 4.69) is 47.1 Å². The van der Waals surface area contributed by atoms with Crippen LogP contribution in [-0.4, -0.2) is 36.8 Å². The molecule has 0 spiro atoms. The summed E-state index contributed by atoms with van der Waals surface area (Å²) in [6.07, 6.45) is 2.01. The van der Waals surface area contributed by atoms with Crippen molar-refractivity contribution in [3.05, 3.63) is 45.5 Å². The Morgan fingerprint density at radius 1 is 1.19 bits per heavy atom. The van der Waals surface area contributed by atoms with E-state index in [1.807, 2.05) is 42.2 Å². The summed E-state index contributed by atoms with van der Waals surface area (Å²) in [5.74, 6) is 0.239. The molecule has 1 aromatic heterocycles. The topological polar surface area (TPSA) is 95.2 Å². The summed E-state index contributed by atoms with van der Waals surface area (Å²) in [5.41, 5.74) is 1.63. The summed E-state index contributed by atoms with van der Waals surface area (Å²) in [5, 5.41) is 8.30. The number of hydrogen-bond acceptors (Lipinski definition) is 6. The van der Waals surface area contributed by atoms with Crippen LogP contribution in [0.4, 0.5) is 17.2 Å². The summed E-state index contributed by atoms with van der Waals surface area (Å²) < 4.78 is 32.0. The van der Waals surface area contributed by atoms with Crippen LogP contribution in [0.1, 0.15) is 13.3 Å². The molecule has 0 atom stereocenters. The minimum Gasteiger partial charge on any atom is -0.372 e. The molecule has 0 aliphatic heterocycles. The van der Waals surface area contributed by atoms with Gasteiger partial charge in [0.25, 0.3) is 10.1 Å². The maximum absolute atomic E-state index is 10.8. The molecule has 1 aromatic carbocycles. The summed E-state index contributed by atoms with van der Waals surface area (Å²) in [6.45, 7) is 3.24. The van der Waals surface area contributed by atoms with Crippen molar-refractivity contribution in [2.45, 2.75) is 13.3 Å². The van der Waals surface area contributed by atoms with E-state index in [1.54, 1.807) is 6.20 Å². The van der Waals surface area contributed by atoms with E-state index in [0.717, 1.165) is 21.2 Å². The zero-order valence-electron chi connectivity index (χ0n) is 14.0. The third-order valence-electron chi connectivity index (χ3n) is 3.48. The number of aromatic nitrogens is 1. The molecule has 10 heteroatoms. The first-order chi connectivity index (χ1) is 12.3. The molecular weight excluding hydrogens is 488 g/mol. The lowest BCUT2D eigenvalue weighted by Crippen LogP contribution is -2.25. The Bertz CT molecular complexity index is 874. The van der Waals surface area contributed by atoms with E-state index in [9.17, 15) is 8.42 Å². The fourth-order valence-electron chi connectivity index (χ4n) is 2.22. The Morgan fingerprint density at radius 3 is 2.46 bits per heavy atom. The van der Waals surface area contributed by atoms with Crippen LogP contribution in [0.5, 0.6) is 0 Å². The van der Waals surface area contributed by atoms with Crippen LogP contribution in [0.3, 0.4) is 0 Å². The lowest BCUT2D eigenvalue weighted by Gasteiger charge is -2.22. The van der Waals surface area contributed by atoms with Crippen molar-refractivity contribution in [2.24, 2.45) is 10.2 Å². The van der Waals surface area contributed by atoms with Gasteiger partial charge < -0.3 is 4.90 Å². The second-order valence-electron chi connectivity index (χ2n) is 5.39. The molecule has 0 saturated heterocycles. The lowest BCUT2D eigenvalue weighted by molar-refractivity contribution is 0.481. The molecule has 1 heterocycles. The lowest BCUT2D eigenvalue weighted by atomic mass is 10.2. The summed E-state index contributed by atoms with van der Waals surface area (Å²) in [4.78, 5) is 6.20. The van der Waals surface area contributed by atoms with Crippen molar-refractivity contribution in [3.63, 3.8) is 0 Å². The zero-order valence-corrected chi connectivity index (χ0v) is 18.0. The van der Waals surface area contributed by atoms with Gasteiger partial charge in [-0.1, -0.05) is 0 Å². The predicted molar refractivity (Wildman–Crippen MR) is 109 cm³/mol. The number of pyridine rings is 1. The van der Waals surface area contributed by atoms with E-state index in [1.165, 1.54) is 0 Å². The molecule has 0 radical (unpaired) electrons. The quantitative estimate of drug-likeness (QED) is 0.396. The highest BCUT2D eigenvalue weighted by Gasteiger charge is 2.08. The molecule has 2 aromatic rings. The highest BCUT2D eigenvalue weighted by molar-refractivity contribution is 9.11. The van der Waals surface area contributed by atoms with Crippen molar-refractivity contribution in [1.29, 1.82) is 0 Å². The summed E-state index contributed by atoms with van der Waals surface area (Å²) in [6, 6.07) is 9.30. The number of benzene rings is 1. The van der Waals surface area contributed by atoms with Crippen LogP contribution in [0.15, 0.2) is 55.7 Å². The normalized spacial score (nSPS) is 11.8. The summed E-state index contributed by atoms with van der Waals surface area (Å²) in [7, 11) is -3.92. The zero-order chi connectivity index (χ0) is 19.2. The molecule has 0 bridgehead atoms. The van der Waals surface area contributed by atoms with Crippen molar-refractivity contribution in [2.75, 3.05) is 23.7 Å². The number of rotatable bonds is 8. The van der Waals surface area contributed by atoms with Crippen molar-refractivity contribution in [1.82, 2.24) is 4.98 Å². The smallest absolute Gasteiger partial charge is 0.264 e. The molecule has 0 fully saturated rings. The van der Waals surface area contributed by atoms with Gasteiger partial charge in [0.2, 0.25) is 0 Å². The highest BCUT2D eigenvalue weighted by Crippen LogP contribution is 2.28. The first-order valence-electron chi connectivity index (χ1n) is 7.81. The molecule has 0 saturated carbocycles. The van der Waals surface area contributed by atoms with Crippen molar-refractivity contribution in [3.8, 4) is 0 Å². The average molecular weight is 506 g/mol. The first-order valence-corrected chi connectivity index (χ1v) is 11.0. The van der Waals surface area contributed by atoms with E-state index in [0.29, 0.717) is 24.5 Å². The van der Waals surface area contributed by atoms with Crippen LogP contribution in [0, 0.1) is 0 Å². The van der Waals surface area contributed by atoms with E-state index < -0.39 is 10.1 Å². The van der Waals surface area contributed by atoms with E-state index in [4.69, 9.17) is 4.55 Å². The average Bonchev–Trinajstić information content (AvgIpc) is 2.58. The number of anilines is 1. The maximum atomic E-state index is 10.8. The van der Waals surface area contributed by atoms with Crippen LogP contribution in [-0.2, 0) is 10.1 Å². The number of halogens is 2. The van der Waals surface area contributed by atoms with Crippen LogP contribution >= 0.6 is 31.9 Å². The summed E-state index contributed by atoms with van der Waals surface area (Å²) >= 11 is 6.72. The fourth-order valence-corrected chi connectivity index (χ4v) is 3.78. The van der Waals surface area contributed by atoms with Gasteiger partial charge in [-0.3, -0.25) is 4.55 Å². The van der Waals surface area contributed by atoms with Gasteiger partial charge in [0.15, 0.2) is 5.82 Å². The van der Waals surface area contributed by atoms with E-state index in [-0.39, 0.29) is 5.75 Å².